The molecule has 3 N–H and O–H groups in total. The lowest BCUT2D eigenvalue weighted by molar-refractivity contribution is -0.119. The van der Waals surface area contributed by atoms with E-state index in [-0.39, 0.29) is 23.1 Å². The summed E-state index contributed by atoms with van der Waals surface area (Å²) in [4.78, 5) is 23.3. The van der Waals surface area contributed by atoms with Gasteiger partial charge in [0, 0.05) is 5.56 Å². The molecule has 2 rings (SSSR count). The summed E-state index contributed by atoms with van der Waals surface area (Å²) in [5.74, 6) is 0.244. The number of amides is 2. The molecule has 0 aliphatic heterocycles. The first kappa shape index (κ1) is 23.6. The maximum Gasteiger partial charge on any atom is 0.271 e. The largest absolute Gasteiger partial charge is 0.493 e. The van der Waals surface area contributed by atoms with Gasteiger partial charge in [0.25, 0.3) is 11.8 Å². The standard InChI is InChI=1S/C21H22ClN3O6/c1-4-7-30-16-6-5-14(10-17(16)28-2)21(27)25-24-11-13-8-15(22)20(18(9-13)29-3)31-12-19(23)26/h4-6,8-11H,1,7,12H2,2-3H3,(H2,23,26)(H,25,27)/b24-11+. The number of benzene rings is 2. The van der Waals surface area contributed by atoms with Crippen molar-refractivity contribution in [1.82, 2.24) is 5.43 Å². The highest BCUT2D eigenvalue weighted by molar-refractivity contribution is 6.32. The van der Waals surface area contributed by atoms with Crippen molar-refractivity contribution in [2.45, 2.75) is 0 Å². The molecular weight excluding hydrogens is 426 g/mol. The first-order chi connectivity index (χ1) is 14.9. The van der Waals surface area contributed by atoms with E-state index in [0.29, 0.717) is 29.2 Å². The predicted molar refractivity (Wildman–Crippen MR) is 116 cm³/mol. The number of hydrogen-bond acceptors (Lipinski definition) is 7. The van der Waals surface area contributed by atoms with Crippen LogP contribution in [0.3, 0.4) is 0 Å². The fraction of sp³-hybridized carbons (Fsp3) is 0.190. The molecule has 0 aliphatic carbocycles. The summed E-state index contributed by atoms with van der Waals surface area (Å²) < 4.78 is 21.2. The van der Waals surface area contributed by atoms with Gasteiger partial charge in [0.15, 0.2) is 29.6 Å². The molecule has 9 nitrogen and oxygen atoms in total. The van der Waals surface area contributed by atoms with Crippen LogP contribution < -0.4 is 30.1 Å². The number of methoxy groups -OCH3 is 2. The van der Waals surface area contributed by atoms with Crippen molar-refractivity contribution in [3.8, 4) is 23.0 Å². The second-order valence-corrected chi connectivity index (χ2v) is 6.36. The minimum Gasteiger partial charge on any atom is -0.493 e. The van der Waals surface area contributed by atoms with Gasteiger partial charge in [-0.3, -0.25) is 9.59 Å². The highest BCUT2D eigenvalue weighted by Crippen LogP contribution is 2.36. The molecule has 0 saturated heterocycles. The average Bonchev–Trinajstić information content (AvgIpc) is 2.76. The Bertz CT molecular complexity index is 993. The van der Waals surface area contributed by atoms with E-state index >= 15 is 0 Å². The maximum absolute atomic E-state index is 12.4. The van der Waals surface area contributed by atoms with Gasteiger partial charge in [0.1, 0.15) is 6.61 Å². The minimum atomic E-state index is -0.650. The topological polar surface area (TPSA) is 121 Å². The van der Waals surface area contributed by atoms with Gasteiger partial charge >= 0.3 is 0 Å². The highest BCUT2D eigenvalue weighted by atomic mass is 35.5. The number of carbonyl (C=O) groups excluding carboxylic acids is 2. The molecule has 2 aromatic carbocycles. The summed E-state index contributed by atoms with van der Waals surface area (Å²) in [6.45, 7) is 3.55. The van der Waals surface area contributed by atoms with Crippen LogP contribution in [0.25, 0.3) is 0 Å². The molecule has 0 fully saturated rings. The third-order valence-electron chi connectivity index (χ3n) is 3.77. The fourth-order valence-corrected chi connectivity index (χ4v) is 2.68. The second kappa shape index (κ2) is 11.5. The number of rotatable bonds is 11. The zero-order valence-corrected chi connectivity index (χ0v) is 17.8. The van der Waals surface area contributed by atoms with Crippen LogP contribution in [0.1, 0.15) is 15.9 Å². The van der Waals surface area contributed by atoms with Gasteiger partial charge in [-0.2, -0.15) is 5.10 Å². The van der Waals surface area contributed by atoms with E-state index in [4.69, 9.17) is 36.3 Å². The van der Waals surface area contributed by atoms with Gasteiger partial charge in [-0.1, -0.05) is 24.3 Å². The minimum absolute atomic E-state index is 0.176. The summed E-state index contributed by atoms with van der Waals surface area (Å²) in [6, 6.07) is 7.85. The van der Waals surface area contributed by atoms with E-state index in [2.05, 4.69) is 17.1 Å². The molecule has 0 heterocycles. The van der Waals surface area contributed by atoms with Crippen LogP contribution in [-0.2, 0) is 4.79 Å². The van der Waals surface area contributed by atoms with E-state index in [0.717, 1.165) is 0 Å². The van der Waals surface area contributed by atoms with Gasteiger partial charge < -0.3 is 24.7 Å². The first-order valence-corrected chi connectivity index (χ1v) is 9.31. The fourth-order valence-electron chi connectivity index (χ4n) is 2.40. The smallest absolute Gasteiger partial charge is 0.271 e. The number of hydrazone groups is 1. The number of nitrogens with one attached hydrogen (secondary N) is 1. The molecule has 10 heteroatoms. The van der Waals surface area contributed by atoms with Crippen molar-refractivity contribution in [3.63, 3.8) is 0 Å². The van der Waals surface area contributed by atoms with Crippen LogP contribution >= 0.6 is 11.6 Å². The van der Waals surface area contributed by atoms with E-state index < -0.39 is 11.8 Å². The number of halogens is 1. The van der Waals surface area contributed by atoms with Crippen molar-refractivity contribution in [3.05, 3.63) is 59.1 Å². The lowest BCUT2D eigenvalue weighted by Crippen LogP contribution is -2.20. The molecule has 2 amide bonds. The third kappa shape index (κ3) is 6.65. The molecule has 164 valence electrons. The lowest BCUT2D eigenvalue weighted by atomic mass is 10.2. The summed E-state index contributed by atoms with van der Waals surface area (Å²) in [6.07, 6.45) is 2.98. The van der Waals surface area contributed by atoms with Crippen molar-refractivity contribution < 1.29 is 28.5 Å². The number of hydrogen-bond donors (Lipinski definition) is 2. The van der Waals surface area contributed by atoms with Crippen molar-refractivity contribution in [2.24, 2.45) is 10.8 Å². The zero-order chi connectivity index (χ0) is 22.8. The van der Waals surface area contributed by atoms with E-state index in [1.165, 1.54) is 32.6 Å². The van der Waals surface area contributed by atoms with Crippen molar-refractivity contribution in [1.29, 1.82) is 0 Å². The Balaban J connectivity index is 2.11. The van der Waals surface area contributed by atoms with Gasteiger partial charge in [-0.15, -0.1) is 0 Å². The Labute approximate surface area is 184 Å². The number of nitrogens with two attached hydrogens (primary N) is 1. The van der Waals surface area contributed by atoms with Gasteiger partial charge in [0.2, 0.25) is 0 Å². The molecule has 0 bridgehead atoms. The summed E-state index contributed by atoms with van der Waals surface area (Å²) in [7, 11) is 2.89. The van der Waals surface area contributed by atoms with Crippen LogP contribution in [0, 0.1) is 0 Å². The number of carbonyl (C=O) groups is 2. The second-order valence-electron chi connectivity index (χ2n) is 5.95. The Hall–Kier alpha value is -3.72. The summed E-state index contributed by atoms with van der Waals surface area (Å²) >= 11 is 6.18. The summed E-state index contributed by atoms with van der Waals surface area (Å²) in [5.41, 5.74) is 8.34. The number of primary amides is 1. The van der Waals surface area contributed by atoms with E-state index in [1.807, 2.05) is 0 Å². The molecule has 31 heavy (non-hydrogen) atoms. The SMILES string of the molecule is C=CCOc1ccc(C(=O)N/N=C/c2cc(Cl)c(OCC(N)=O)c(OC)c2)cc1OC. The van der Waals surface area contributed by atoms with Gasteiger partial charge in [0.05, 0.1) is 25.5 Å². The molecule has 0 aromatic heterocycles. The van der Waals surface area contributed by atoms with Crippen molar-refractivity contribution >= 4 is 29.6 Å². The zero-order valence-electron chi connectivity index (χ0n) is 17.0. The van der Waals surface area contributed by atoms with Gasteiger partial charge in [-0.25, -0.2) is 5.43 Å². The van der Waals surface area contributed by atoms with Crippen LogP contribution in [0.5, 0.6) is 23.0 Å². The monoisotopic (exact) mass is 447 g/mol. The molecular formula is C21H22ClN3O6. The Morgan fingerprint density at radius 2 is 1.87 bits per heavy atom. The molecule has 0 spiro atoms. The van der Waals surface area contributed by atoms with E-state index in [1.54, 1.807) is 24.3 Å². The molecule has 0 atom stereocenters. The number of ether oxygens (including phenoxy) is 4. The molecule has 2 aromatic rings. The summed E-state index contributed by atoms with van der Waals surface area (Å²) in [5, 5.41) is 4.12. The van der Waals surface area contributed by atoms with Crippen LogP contribution in [-0.4, -0.2) is 45.5 Å². The van der Waals surface area contributed by atoms with E-state index in [9.17, 15) is 9.59 Å². The molecule has 0 radical (unpaired) electrons. The highest BCUT2D eigenvalue weighted by Gasteiger charge is 2.13. The Kier molecular flexibility index (Phi) is 8.71. The van der Waals surface area contributed by atoms with Crippen LogP contribution in [0.4, 0.5) is 0 Å². The first-order valence-electron chi connectivity index (χ1n) is 8.93. The lowest BCUT2D eigenvalue weighted by Gasteiger charge is -2.12. The quantitative estimate of drug-likeness (QED) is 0.310. The normalized spacial score (nSPS) is 10.4. The average molecular weight is 448 g/mol. The molecule has 0 unspecified atom stereocenters. The third-order valence-corrected chi connectivity index (χ3v) is 4.05. The Morgan fingerprint density at radius 1 is 1.13 bits per heavy atom. The predicted octanol–water partition coefficient (Wildman–Crippen LogP) is 2.55. The Morgan fingerprint density at radius 3 is 2.52 bits per heavy atom. The number of nitrogens with zero attached hydrogens (tertiary/aromatic N) is 1. The van der Waals surface area contributed by atoms with Crippen LogP contribution in [0.2, 0.25) is 5.02 Å². The molecule has 0 saturated carbocycles. The van der Waals surface area contributed by atoms with Gasteiger partial charge in [-0.05, 0) is 35.9 Å². The molecule has 0 aliphatic rings. The van der Waals surface area contributed by atoms with Crippen LogP contribution in [0.15, 0.2) is 48.1 Å². The maximum atomic E-state index is 12.4. The van der Waals surface area contributed by atoms with Crippen molar-refractivity contribution in [2.75, 3.05) is 27.4 Å².